The lowest BCUT2D eigenvalue weighted by Crippen LogP contribution is -2.56. The molecule has 0 bridgehead atoms. The molecule has 0 spiro atoms. The molecule has 1 atom stereocenters. The van der Waals surface area contributed by atoms with E-state index in [-0.39, 0.29) is 11.9 Å². The fourth-order valence-electron chi connectivity index (χ4n) is 4.78. The zero-order valence-electron chi connectivity index (χ0n) is 20.6. The molecule has 0 radical (unpaired) electrons. The number of benzene rings is 2. The molecule has 2 aliphatic rings. The average molecular weight is 466 g/mol. The average Bonchev–Trinajstić information content (AvgIpc) is 2.84. The molecule has 182 valence electrons. The first kappa shape index (κ1) is 23.9. The third-order valence-corrected chi connectivity index (χ3v) is 6.49. The van der Waals surface area contributed by atoms with Gasteiger partial charge in [-0.05, 0) is 62.9 Å². The van der Waals surface area contributed by atoms with Gasteiger partial charge in [-0.3, -0.25) is 10.1 Å². The van der Waals surface area contributed by atoms with Gasteiger partial charge in [0.2, 0.25) is 0 Å². The van der Waals surface area contributed by atoms with Crippen molar-refractivity contribution in [2.75, 3.05) is 33.6 Å². The van der Waals surface area contributed by atoms with Crippen molar-refractivity contribution in [1.82, 2.24) is 15.5 Å². The molecule has 0 aromatic heterocycles. The summed E-state index contributed by atoms with van der Waals surface area (Å²) in [5, 5.41) is 10.5. The van der Waals surface area contributed by atoms with Crippen molar-refractivity contribution < 1.29 is 14.3 Å². The third-order valence-electron chi connectivity index (χ3n) is 6.49. The molecular formula is C26H35N5O3. The smallest absolute Gasteiger partial charge is 0.251 e. The second-order valence-corrected chi connectivity index (χ2v) is 9.31. The number of para-hydroxylation sites is 1. The number of rotatable bonds is 6. The second kappa shape index (κ2) is 9.93. The maximum Gasteiger partial charge on any atom is 0.251 e. The van der Waals surface area contributed by atoms with Gasteiger partial charge in [-0.2, -0.15) is 0 Å². The predicted octanol–water partition coefficient (Wildman–Crippen LogP) is 3.44. The van der Waals surface area contributed by atoms with E-state index >= 15 is 0 Å². The minimum atomic E-state index is -0.589. The summed E-state index contributed by atoms with van der Waals surface area (Å²) in [6.07, 6.45) is 3.74. The summed E-state index contributed by atoms with van der Waals surface area (Å²) in [4.78, 5) is 19.9. The van der Waals surface area contributed by atoms with E-state index in [9.17, 15) is 4.79 Å². The first-order valence-corrected chi connectivity index (χ1v) is 11.8. The number of hydrogen-bond donors (Lipinski definition) is 3. The zero-order chi connectivity index (χ0) is 24.3. The number of nitrogens with zero attached hydrogens (tertiary/aromatic N) is 2. The van der Waals surface area contributed by atoms with Gasteiger partial charge in [0.05, 0.1) is 14.2 Å². The molecule has 1 unspecified atom stereocenters. The molecule has 2 aromatic carbocycles. The molecule has 8 nitrogen and oxygen atoms in total. The van der Waals surface area contributed by atoms with E-state index in [0.717, 1.165) is 42.8 Å². The Kier molecular flexibility index (Phi) is 6.97. The lowest BCUT2D eigenvalue weighted by molar-refractivity contribution is 0.0922. The van der Waals surface area contributed by atoms with Crippen molar-refractivity contribution in [1.29, 1.82) is 0 Å². The maximum absolute atomic E-state index is 12.8. The van der Waals surface area contributed by atoms with Gasteiger partial charge in [0.25, 0.3) is 5.91 Å². The Morgan fingerprint density at radius 3 is 2.38 bits per heavy atom. The molecule has 1 heterocycles. The summed E-state index contributed by atoms with van der Waals surface area (Å²) in [7, 11) is 7.19. The molecular weight excluding hydrogens is 430 g/mol. The first-order chi connectivity index (χ1) is 16.3. The van der Waals surface area contributed by atoms with Crippen LogP contribution in [0.1, 0.15) is 48.5 Å². The molecule has 1 aliphatic heterocycles. The number of amidine groups is 1. The number of carbonyl (C=O) groups excluding carboxylic acids is 1. The Morgan fingerprint density at radius 1 is 1.03 bits per heavy atom. The summed E-state index contributed by atoms with van der Waals surface area (Å²) in [6, 6.07) is 13.9. The van der Waals surface area contributed by atoms with Crippen molar-refractivity contribution >= 4 is 17.4 Å². The number of amides is 1. The maximum atomic E-state index is 12.8. The van der Waals surface area contributed by atoms with E-state index in [4.69, 9.17) is 14.5 Å². The number of methoxy groups -OCH3 is 2. The van der Waals surface area contributed by atoms with Gasteiger partial charge >= 0.3 is 0 Å². The molecule has 3 N–H and O–H groups in total. The molecule has 1 amide bonds. The summed E-state index contributed by atoms with van der Waals surface area (Å²) in [5.74, 6) is 1.44. The van der Waals surface area contributed by atoms with Crippen LogP contribution >= 0.6 is 0 Å². The minimum absolute atomic E-state index is 0.0879. The van der Waals surface area contributed by atoms with Crippen LogP contribution in [0.15, 0.2) is 47.5 Å². The Balaban J connectivity index is 1.35. The highest BCUT2D eigenvalue weighted by Crippen LogP contribution is 2.30. The molecule has 4 rings (SSSR count). The molecule has 2 aromatic rings. The SMILES string of the molecule is COc1ccc(C(=O)NC2CCC(NC3(C)N=C(N(C)C)c4ccccc4N3)CC2)cc1OC. The highest BCUT2D eigenvalue weighted by Gasteiger charge is 2.34. The minimum Gasteiger partial charge on any atom is -0.493 e. The Morgan fingerprint density at radius 2 is 1.71 bits per heavy atom. The fraction of sp³-hybridized carbons (Fsp3) is 0.462. The number of fused-ring (bicyclic) bond motifs is 1. The summed E-state index contributed by atoms with van der Waals surface area (Å²) in [6.45, 7) is 2.08. The molecule has 0 saturated heterocycles. The van der Waals surface area contributed by atoms with E-state index in [1.165, 1.54) is 0 Å². The summed E-state index contributed by atoms with van der Waals surface area (Å²) in [5.41, 5.74) is 2.75. The van der Waals surface area contributed by atoms with Crippen molar-refractivity contribution in [2.24, 2.45) is 4.99 Å². The second-order valence-electron chi connectivity index (χ2n) is 9.31. The molecule has 8 heteroatoms. The van der Waals surface area contributed by atoms with Crippen LogP contribution in [0.2, 0.25) is 0 Å². The quantitative estimate of drug-likeness (QED) is 0.606. The Labute approximate surface area is 201 Å². The zero-order valence-corrected chi connectivity index (χ0v) is 20.6. The number of carbonyl (C=O) groups is 1. The number of nitrogens with one attached hydrogen (secondary N) is 3. The van der Waals surface area contributed by atoms with Crippen LogP contribution in [0.25, 0.3) is 0 Å². The molecule has 1 fully saturated rings. The summed E-state index contributed by atoms with van der Waals surface area (Å²) < 4.78 is 10.6. The lowest BCUT2D eigenvalue weighted by Gasteiger charge is -2.40. The van der Waals surface area contributed by atoms with Gasteiger partial charge in [0, 0.05) is 43.0 Å². The Bertz CT molecular complexity index is 1060. The van der Waals surface area contributed by atoms with Crippen molar-refractivity contribution in [3.8, 4) is 11.5 Å². The van der Waals surface area contributed by atoms with E-state index in [1.807, 2.05) is 26.2 Å². The third kappa shape index (κ3) is 5.12. The number of aliphatic imine (C=N–C) groups is 1. The summed E-state index contributed by atoms with van der Waals surface area (Å²) >= 11 is 0. The monoisotopic (exact) mass is 465 g/mol. The van der Waals surface area contributed by atoms with Crippen LogP contribution in [-0.4, -0.2) is 62.8 Å². The van der Waals surface area contributed by atoms with Gasteiger partial charge < -0.3 is 25.0 Å². The van der Waals surface area contributed by atoms with Gasteiger partial charge in [-0.25, -0.2) is 4.99 Å². The normalized spacial score (nSPS) is 23.7. The van der Waals surface area contributed by atoms with Crippen molar-refractivity contribution in [3.63, 3.8) is 0 Å². The van der Waals surface area contributed by atoms with Gasteiger partial charge in [-0.15, -0.1) is 0 Å². The van der Waals surface area contributed by atoms with Crippen molar-refractivity contribution in [2.45, 2.75) is 50.5 Å². The molecule has 34 heavy (non-hydrogen) atoms. The van der Waals surface area contributed by atoms with Crippen LogP contribution in [0.4, 0.5) is 5.69 Å². The van der Waals surface area contributed by atoms with Gasteiger partial charge in [0.1, 0.15) is 5.84 Å². The number of hydrogen-bond acceptors (Lipinski definition) is 7. The first-order valence-electron chi connectivity index (χ1n) is 11.8. The van der Waals surface area contributed by atoms with E-state index < -0.39 is 5.79 Å². The van der Waals surface area contributed by atoms with Crippen molar-refractivity contribution in [3.05, 3.63) is 53.6 Å². The van der Waals surface area contributed by atoms with Gasteiger partial charge in [0.15, 0.2) is 17.3 Å². The predicted molar refractivity (Wildman–Crippen MR) is 135 cm³/mol. The van der Waals surface area contributed by atoms with Crippen LogP contribution in [0.5, 0.6) is 11.5 Å². The number of anilines is 1. The van der Waals surface area contributed by atoms with Gasteiger partial charge in [-0.1, -0.05) is 12.1 Å². The number of ether oxygens (including phenoxy) is 2. The van der Waals surface area contributed by atoms with E-state index in [1.54, 1.807) is 32.4 Å². The lowest BCUT2D eigenvalue weighted by atomic mass is 9.90. The largest absolute Gasteiger partial charge is 0.493 e. The van der Waals surface area contributed by atoms with Crippen LogP contribution in [0, 0.1) is 0 Å². The van der Waals surface area contributed by atoms with E-state index in [2.05, 4.69) is 39.9 Å². The highest BCUT2D eigenvalue weighted by atomic mass is 16.5. The fourth-order valence-corrected chi connectivity index (χ4v) is 4.78. The van der Waals surface area contributed by atoms with Crippen LogP contribution < -0.4 is 25.4 Å². The molecule has 1 saturated carbocycles. The highest BCUT2D eigenvalue weighted by molar-refractivity contribution is 6.05. The standard InChI is InChI=1S/C26H35N5O3/c1-26(29-21-9-7-6-8-20(21)24(30-26)31(2)3)28-19-13-11-18(12-14-19)27-25(32)17-10-15-22(33-4)23(16-17)34-5/h6-10,15-16,18-19,28-29H,11-14H2,1-5H3,(H,27,32). The topological polar surface area (TPSA) is 87.2 Å². The molecule has 1 aliphatic carbocycles. The van der Waals surface area contributed by atoms with Crippen LogP contribution in [-0.2, 0) is 0 Å². The van der Waals surface area contributed by atoms with Crippen LogP contribution in [0.3, 0.4) is 0 Å². The Hall–Kier alpha value is -3.26. The van der Waals surface area contributed by atoms with E-state index in [0.29, 0.717) is 23.1 Å².